The molecule has 2 unspecified atom stereocenters. The summed E-state index contributed by atoms with van der Waals surface area (Å²) in [5, 5.41) is 0. The fourth-order valence-corrected chi connectivity index (χ4v) is 3.99. The highest BCUT2D eigenvalue weighted by Crippen LogP contribution is 2.37. The van der Waals surface area contributed by atoms with E-state index in [0.717, 1.165) is 24.1 Å². The number of rotatable bonds is 2. The molecule has 3 aliphatic rings. The molecule has 2 saturated heterocycles. The van der Waals surface area contributed by atoms with Crippen LogP contribution in [-0.4, -0.2) is 42.3 Å². The molecular weight excluding hydrogens is 300 g/mol. The molecule has 2 bridgehead atoms. The number of piperidine rings is 1. The van der Waals surface area contributed by atoms with Crippen molar-refractivity contribution in [3.63, 3.8) is 0 Å². The number of halogens is 1. The number of carbonyl (C=O) groups is 1. The van der Waals surface area contributed by atoms with E-state index in [4.69, 9.17) is 4.74 Å². The Balaban J connectivity index is 0.00000144. The summed E-state index contributed by atoms with van der Waals surface area (Å²) >= 11 is 0. The molecule has 1 aromatic carbocycles. The minimum atomic E-state index is -0.321. The number of para-hydroxylation sites is 1. The van der Waals surface area contributed by atoms with Crippen molar-refractivity contribution in [1.82, 2.24) is 4.90 Å². The van der Waals surface area contributed by atoms with E-state index in [1.165, 1.54) is 12.8 Å². The molecule has 4 nitrogen and oxygen atoms in total. The van der Waals surface area contributed by atoms with Gasteiger partial charge in [0.15, 0.2) is 0 Å². The van der Waals surface area contributed by atoms with Crippen LogP contribution in [0.1, 0.15) is 37.2 Å². The van der Waals surface area contributed by atoms with Gasteiger partial charge in [0.25, 0.3) is 0 Å². The number of carbonyl (C=O) groups excluding carboxylic acids is 1. The fourth-order valence-electron chi connectivity index (χ4n) is 3.99. The molecule has 0 spiro atoms. The van der Waals surface area contributed by atoms with Crippen LogP contribution < -0.4 is 0 Å². The molecule has 0 N–H and O–H groups in total. The van der Waals surface area contributed by atoms with E-state index in [9.17, 15) is 4.79 Å². The third-order valence-corrected chi connectivity index (χ3v) is 5.23. The number of hydrogen-bond acceptors (Lipinski definition) is 4. The Morgan fingerprint density at radius 3 is 2.64 bits per heavy atom. The van der Waals surface area contributed by atoms with Gasteiger partial charge in [0, 0.05) is 18.3 Å². The lowest BCUT2D eigenvalue weighted by Crippen LogP contribution is -2.43. The number of hydrogen-bond donors (Lipinski definition) is 0. The minimum absolute atomic E-state index is 0. The van der Waals surface area contributed by atoms with Crippen molar-refractivity contribution >= 4 is 30.3 Å². The number of ether oxygens (including phenoxy) is 1. The quantitative estimate of drug-likeness (QED) is 0.786. The predicted molar refractivity (Wildman–Crippen MR) is 88.3 cm³/mol. The SMILES string of the molecule is CN1[C@@H]2CC[C@H]1CC(OC(=O)C1C=Nc3ccccc31)C2.Cl. The molecular formula is C17H21ClN2O2. The molecule has 2 fully saturated rings. The van der Waals surface area contributed by atoms with Gasteiger partial charge in [-0.05, 0) is 44.4 Å². The first kappa shape index (κ1) is 15.5. The molecule has 0 radical (unpaired) electrons. The monoisotopic (exact) mass is 320 g/mol. The molecule has 3 aliphatic heterocycles. The van der Waals surface area contributed by atoms with Crippen LogP contribution in [0.15, 0.2) is 29.3 Å². The van der Waals surface area contributed by atoms with E-state index in [2.05, 4.69) is 16.9 Å². The predicted octanol–water partition coefficient (Wildman–Crippen LogP) is 3.08. The Morgan fingerprint density at radius 1 is 1.23 bits per heavy atom. The topological polar surface area (TPSA) is 41.9 Å². The summed E-state index contributed by atoms with van der Waals surface area (Å²) in [7, 11) is 2.19. The second-order valence-electron chi connectivity index (χ2n) is 6.40. The molecule has 0 saturated carbocycles. The molecule has 0 aromatic heterocycles. The first-order valence-electron chi connectivity index (χ1n) is 7.78. The van der Waals surface area contributed by atoms with Gasteiger partial charge >= 0.3 is 5.97 Å². The largest absolute Gasteiger partial charge is 0.462 e. The Morgan fingerprint density at radius 2 is 1.91 bits per heavy atom. The zero-order valence-corrected chi connectivity index (χ0v) is 13.5. The number of benzene rings is 1. The Bertz CT molecular complexity index is 590. The third kappa shape index (κ3) is 2.55. The van der Waals surface area contributed by atoms with Crippen LogP contribution in [0.4, 0.5) is 5.69 Å². The van der Waals surface area contributed by atoms with Crippen molar-refractivity contribution in [2.45, 2.75) is 49.8 Å². The zero-order chi connectivity index (χ0) is 14.4. The van der Waals surface area contributed by atoms with E-state index in [-0.39, 0.29) is 30.4 Å². The summed E-state index contributed by atoms with van der Waals surface area (Å²) in [5.74, 6) is -0.462. The van der Waals surface area contributed by atoms with Crippen molar-refractivity contribution in [3.05, 3.63) is 29.8 Å². The Hall–Kier alpha value is -1.39. The molecule has 5 heteroatoms. The second kappa shape index (κ2) is 6.01. The van der Waals surface area contributed by atoms with Crippen LogP contribution in [0.2, 0.25) is 0 Å². The van der Waals surface area contributed by atoms with Crippen molar-refractivity contribution in [2.24, 2.45) is 4.99 Å². The van der Waals surface area contributed by atoms with Crippen molar-refractivity contribution < 1.29 is 9.53 Å². The van der Waals surface area contributed by atoms with E-state index in [0.29, 0.717) is 12.1 Å². The van der Waals surface area contributed by atoms with Gasteiger partial charge in [-0.1, -0.05) is 18.2 Å². The smallest absolute Gasteiger partial charge is 0.319 e. The zero-order valence-electron chi connectivity index (χ0n) is 12.6. The van der Waals surface area contributed by atoms with E-state index >= 15 is 0 Å². The lowest BCUT2D eigenvalue weighted by atomic mass is 9.99. The molecule has 3 heterocycles. The molecule has 118 valence electrons. The van der Waals surface area contributed by atoms with Crippen LogP contribution in [-0.2, 0) is 9.53 Å². The Kier molecular flexibility index (Phi) is 4.24. The van der Waals surface area contributed by atoms with E-state index in [1.54, 1.807) is 6.21 Å². The number of nitrogens with zero attached hydrogens (tertiary/aromatic N) is 2. The highest BCUT2D eigenvalue weighted by Gasteiger charge is 2.40. The van der Waals surface area contributed by atoms with Crippen molar-refractivity contribution in [3.8, 4) is 0 Å². The molecule has 0 aliphatic carbocycles. The summed E-state index contributed by atoms with van der Waals surface area (Å²) in [6, 6.07) is 8.97. The molecule has 4 rings (SSSR count). The summed E-state index contributed by atoms with van der Waals surface area (Å²) in [4.78, 5) is 19.2. The van der Waals surface area contributed by atoms with Gasteiger partial charge in [-0.2, -0.15) is 0 Å². The first-order chi connectivity index (χ1) is 10.2. The highest BCUT2D eigenvalue weighted by atomic mass is 35.5. The molecule has 22 heavy (non-hydrogen) atoms. The Labute approximate surface area is 137 Å². The van der Waals surface area contributed by atoms with Gasteiger partial charge in [-0.3, -0.25) is 9.79 Å². The maximum absolute atomic E-state index is 12.5. The molecule has 0 amide bonds. The van der Waals surface area contributed by atoms with Crippen LogP contribution in [0.25, 0.3) is 0 Å². The van der Waals surface area contributed by atoms with Gasteiger partial charge in [0.05, 0.1) is 5.69 Å². The maximum Gasteiger partial charge on any atom is 0.319 e. The average Bonchev–Trinajstić information content (AvgIpc) is 2.98. The lowest BCUT2D eigenvalue weighted by Gasteiger charge is -2.36. The average molecular weight is 321 g/mol. The van der Waals surface area contributed by atoms with Crippen LogP contribution >= 0.6 is 12.4 Å². The van der Waals surface area contributed by atoms with E-state index < -0.39 is 0 Å². The second-order valence-corrected chi connectivity index (χ2v) is 6.40. The summed E-state index contributed by atoms with van der Waals surface area (Å²) in [6.45, 7) is 0. The normalized spacial score (nSPS) is 32.4. The fraction of sp³-hybridized carbons (Fsp3) is 0.529. The van der Waals surface area contributed by atoms with Gasteiger partial charge in [0.1, 0.15) is 12.0 Å². The standard InChI is InChI=1S/C17H20N2O2.ClH/c1-19-11-6-7-12(19)9-13(8-11)21-17(20)15-10-18-16-5-3-2-4-14(15)16;/h2-5,10-13,15H,6-9H2,1H3;1H/t11-,12+,13?,15?;. The van der Waals surface area contributed by atoms with Gasteiger partial charge in [-0.25, -0.2) is 0 Å². The number of aliphatic imine (C=N–C) groups is 1. The van der Waals surface area contributed by atoms with Crippen LogP contribution in [0, 0.1) is 0 Å². The lowest BCUT2D eigenvalue weighted by molar-refractivity contribution is -0.152. The van der Waals surface area contributed by atoms with Crippen molar-refractivity contribution in [1.29, 1.82) is 0 Å². The van der Waals surface area contributed by atoms with E-state index in [1.807, 2.05) is 24.3 Å². The minimum Gasteiger partial charge on any atom is -0.462 e. The van der Waals surface area contributed by atoms with Crippen LogP contribution in [0.3, 0.4) is 0 Å². The highest BCUT2D eigenvalue weighted by molar-refractivity contribution is 6.01. The number of esters is 1. The van der Waals surface area contributed by atoms with Crippen molar-refractivity contribution in [2.75, 3.05) is 7.05 Å². The molecule has 1 aromatic rings. The molecule has 4 atom stereocenters. The summed E-state index contributed by atoms with van der Waals surface area (Å²) < 4.78 is 5.80. The van der Waals surface area contributed by atoms with Gasteiger partial charge in [0.2, 0.25) is 0 Å². The van der Waals surface area contributed by atoms with Gasteiger partial charge in [-0.15, -0.1) is 12.4 Å². The maximum atomic E-state index is 12.5. The summed E-state index contributed by atoms with van der Waals surface area (Å²) in [6.07, 6.45) is 6.23. The third-order valence-electron chi connectivity index (χ3n) is 5.23. The first-order valence-corrected chi connectivity index (χ1v) is 7.78. The van der Waals surface area contributed by atoms with Gasteiger partial charge < -0.3 is 9.64 Å². The number of fused-ring (bicyclic) bond motifs is 3. The van der Waals surface area contributed by atoms with Crippen LogP contribution in [0.5, 0.6) is 0 Å². The summed E-state index contributed by atoms with van der Waals surface area (Å²) in [5.41, 5.74) is 1.86.